The van der Waals surface area contributed by atoms with E-state index in [-0.39, 0.29) is 5.91 Å². The summed E-state index contributed by atoms with van der Waals surface area (Å²) in [7, 11) is 1.61. The highest BCUT2D eigenvalue weighted by atomic mass is 32.1. The minimum absolute atomic E-state index is 0.0983. The first-order valence-electron chi connectivity index (χ1n) is 6.05. The Morgan fingerprint density at radius 3 is 2.70 bits per heavy atom. The fourth-order valence-electron chi connectivity index (χ4n) is 1.88. The molecule has 0 aliphatic carbocycles. The van der Waals surface area contributed by atoms with Gasteiger partial charge in [0.15, 0.2) is 0 Å². The topological polar surface area (TPSA) is 66.9 Å². The van der Waals surface area contributed by atoms with Gasteiger partial charge in [-0.25, -0.2) is 9.97 Å². The van der Waals surface area contributed by atoms with Crippen LogP contribution in [0.4, 0.5) is 11.5 Å². The minimum Gasteiger partial charge on any atom is -0.355 e. The molecule has 3 rings (SSSR count). The molecular weight excluding hydrogens is 272 g/mol. The zero-order chi connectivity index (χ0) is 13.9. The maximum atomic E-state index is 11.5. The summed E-state index contributed by atoms with van der Waals surface area (Å²) in [6.07, 6.45) is 1.54. The molecule has 0 saturated carbocycles. The second kappa shape index (κ2) is 5.26. The molecule has 2 aromatic heterocycles. The van der Waals surface area contributed by atoms with Crippen molar-refractivity contribution >= 4 is 39.0 Å². The van der Waals surface area contributed by atoms with E-state index >= 15 is 0 Å². The van der Waals surface area contributed by atoms with Crippen LogP contribution in [0.2, 0.25) is 0 Å². The van der Waals surface area contributed by atoms with Gasteiger partial charge in [-0.2, -0.15) is 0 Å². The smallest absolute Gasteiger partial charge is 0.251 e. The van der Waals surface area contributed by atoms with Crippen LogP contribution in [-0.4, -0.2) is 22.9 Å². The van der Waals surface area contributed by atoms with Crippen molar-refractivity contribution in [1.82, 2.24) is 15.3 Å². The zero-order valence-electron chi connectivity index (χ0n) is 10.8. The lowest BCUT2D eigenvalue weighted by Crippen LogP contribution is -2.17. The summed E-state index contributed by atoms with van der Waals surface area (Å²) >= 11 is 1.58. The molecule has 0 fully saturated rings. The summed E-state index contributed by atoms with van der Waals surface area (Å²) in [5.41, 5.74) is 1.50. The third-order valence-electron chi connectivity index (χ3n) is 2.90. The zero-order valence-corrected chi connectivity index (χ0v) is 11.6. The molecule has 0 aliphatic heterocycles. The van der Waals surface area contributed by atoms with Gasteiger partial charge in [-0.15, -0.1) is 11.3 Å². The monoisotopic (exact) mass is 284 g/mol. The molecule has 0 aliphatic rings. The van der Waals surface area contributed by atoms with Crippen molar-refractivity contribution in [3.05, 3.63) is 47.6 Å². The quantitative estimate of drug-likeness (QED) is 0.776. The van der Waals surface area contributed by atoms with Crippen LogP contribution in [0.5, 0.6) is 0 Å². The molecule has 6 heteroatoms. The van der Waals surface area contributed by atoms with E-state index in [1.807, 2.05) is 23.6 Å². The molecule has 1 aromatic carbocycles. The minimum atomic E-state index is -0.0983. The van der Waals surface area contributed by atoms with Crippen molar-refractivity contribution in [2.75, 3.05) is 12.4 Å². The average Bonchev–Trinajstić information content (AvgIpc) is 2.97. The Balaban J connectivity index is 1.88. The van der Waals surface area contributed by atoms with E-state index < -0.39 is 0 Å². The van der Waals surface area contributed by atoms with Crippen LogP contribution < -0.4 is 10.6 Å². The third-order valence-corrected chi connectivity index (χ3v) is 3.72. The van der Waals surface area contributed by atoms with Gasteiger partial charge in [0.25, 0.3) is 5.91 Å². The van der Waals surface area contributed by atoms with Crippen molar-refractivity contribution in [3.63, 3.8) is 0 Å². The van der Waals surface area contributed by atoms with Crippen LogP contribution in [0.15, 0.2) is 42.0 Å². The summed E-state index contributed by atoms with van der Waals surface area (Å²) in [6.45, 7) is 0. The molecule has 0 spiro atoms. The number of carbonyl (C=O) groups is 1. The van der Waals surface area contributed by atoms with Gasteiger partial charge in [0.2, 0.25) is 0 Å². The van der Waals surface area contributed by atoms with Gasteiger partial charge < -0.3 is 10.6 Å². The number of anilines is 2. The molecule has 0 saturated heterocycles. The van der Waals surface area contributed by atoms with Gasteiger partial charge in [-0.1, -0.05) is 0 Å². The summed E-state index contributed by atoms with van der Waals surface area (Å²) in [4.78, 5) is 20.9. The van der Waals surface area contributed by atoms with E-state index in [1.165, 1.54) is 0 Å². The van der Waals surface area contributed by atoms with E-state index in [0.29, 0.717) is 5.56 Å². The number of fused-ring (bicyclic) bond motifs is 1. The molecule has 3 aromatic rings. The first-order valence-corrected chi connectivity index (χ1v) is 6.93. The van der Waals surface area contributed by atoms with Crippen LogP contribution in [0.1, 0.15) is 10.4 Å². The number of aromatic nitrogens is 2. The largest absolute Gasteiger partial charge is 0.355 e. The summed E-state index contributed by atoms with van der Waals surface area (Å²) in [5, 5.41) is 8.81. The summed E-state index contributed by atoms with van der Waals surface area (Å²) < 4.78 is 0. The van der Waals surface area contributed by atoms with Crippen LogP contribution in [0, 0.1) is 0 Å². The van der Waals surface area contributed by atoms with Crippen LogP contribution in [-0.2, 0) is 0 Å². The molecular formula is C14H12N4OS. The second-order valence-electron chi connectivity index (χ2n) is 4.14. The Hall–Kier alpha value is -2.47. The first-order chi connectivity index (χ1) is 9.78. The van der Waals surface area contributed by atoms with Gasteiger partial charge in [0.1, 0.15) is 17.0 Å². The van der Waals surface area contributed by atoms with E-state index in [1.54, 1.807) is 36.8 Å². The lowest BCUT2D eigenvalue weighted by Gasteiger charge is -2.07. The number of nitrogens with one attached hydrogen (secondary N) is 2. The van der Waals surface area contributed by atoms with Gasteiger partial charge in [0.05, 0.1) is 5.39 Å². The number of thiophene rings is 1. The molecule has 20 heavy (non-hydrogen) atoms. The normalized spacial score (nSPS) is 10.4. The highest BCUT2D eigenvalue weighted by Crippen LogP contribution is 2.26. The number of amides is 1. The van der Waals surface area contributed by atoms with Crippen LogP contribution in [0.25, 0.3) is 10.2 Å². The van der Waals surface area contributed by atoms with E-state index in [2.05, 4.69) is 20.6 Å². The third kappa shape index (κ3) is 2.33. The average molecular weight is 284 g/mol. The van der Waals surface area contributed by atoms with Crippen LogP contribution >= 0.6 is 11.3 Å². The number of rotatable bonds is 3. The van der Waals surface area contributed by atoms with Crippen molar-refractivity contribution in [2.24, 2.45) is 0 Å². The molecule has 5 nitrogen and oxygen atoms in total. The Bertz CT molecular complexity index is 751. The molecule has 0 unspecified atom stereocenters. The number of benzene rings is 1. The van der Waals surface area contributed by atoms with Crippen molar-refractivity contribution < 1.29 is 4.79 Å². The Labute approximate surface area is 119 Å². The fourth-order valence-corrected chi connectivity index (χ4v) is 2.61. The van der Waals surface area contributed by atoms with Crippen molar-refractivity contribution in [2.45, 2.75) is 0 Å². The molecule has 0 radical (unpaired) electrons. The van der Waals surface area contributed by atoms with E-state index in [9.17, 15) is 4.79 Å². The predicted octanol–water partition coefficient (Wildman–Crippen LogP) is 2.79. The predicted molar refractivity (Wildman–Crippen MR) is 80.5 cm³/mol. The maximum absolute atomic E-state index is 11.5. The molecule has 2 heterocycles. The van der Waals surface area contributed by atoms with E-state index in [0.717, 1.165) is 21.7 Å². The number of nitrogens with zero attached hydrogens (tertiary/aromatic N) is 2. The van der Waals surface area contributed by atoms with Gasteiger partial charge in [-0.05, 0) is 35.7 Å². The number of carbonyl (C=O) groups excluding carboxylic acids is 1. The van der Waals surface area contributed by atoms with E-state index in [4.69, 9.17) is 0 Å². The number of hydrogen-bond acceptors (Lipinski definition) is 5. The lowest BCUT2D eigenvalue weighted by atomic mass is 10.2. The Morgan fingerprint density at radius 1 is 1.15 bits per heavy atom. The first kappa shape index (κ1) is 12.6. The Morgan fingerprint density at radius 2 is 1.95 bits per heavy atom. The number of hydrogen-bond donors (Lipinski definition) is 2. The highest BCUT2D eigenvalue weighted by Gasteiger charge is 2.06. The summed E-state index contributed by atoms with van der Waals surface area (Å²) in [6, 6.07) is 9.23. The van der Waals surface area contributed by atoms with Crippen molar-refractivity contribution in [3.8, 4) is 0 Å². The van der Waals surface area contributed by atoms with Crippen LogP contribution in [0.3, 0.4) is 0 Å². The molecule has 1 amide bonds. The Kier molecular flexibility index (Phi) is 3.30. The second-order valence-corrected chi connectivity index (χ2v) is 5.04. The lowest BCUT2D eigenvalue weighted by molar-refractivity contribution is 0.0963. The summed E-state index contributed by atoms with van der Waals surface area (Å²) in [5.74, 6) is 0.669. The highest BCUT2D eigenvalue weighted by molar-refractivity contribution is 7.16. The fraction of sp³-hybridized carbons (Fsp3) is 0.0714. The molecule has 2 N–H and O–H groups in total. The SMILES string of the molecule is CNC(=O)c1ccc(Nc2ncnc3sccc23)cc1. The van der Waals surface area contributed by atoms with Gasteiger partial charge >= 0.3 is 0 Å². The van der Waals surface area contributed by atoms with Crippen molar-refractivity contribution in [1.29, 1.82) is 0 Å². The molecule has 100 valence electrons. The maximum Gasteiger partial charge on any atom is 0.251 e. The van der Waals surface area contributed by atoms with Gasteiger partial charge in [0, 0.05) is 18.3 Å². The molecule has 0 atom stereocenters. The standard InChI is InChI=1S/C14H12N4OS/c1-15-13(19)9-2-4-10(5-3-9)18-12-11-6-7-20-14(11)17-8-16-12/h2-8H,1H3,(H,15,19)(H,16,17,18). The van der Waals surface area contributed by atoms with Gasteiger partial charge in [-0.3, -0.25) is 4.79 Å². The molecule has 0 bridgehead atoms.